The van der Waals surface area contributed by atoms with Crippen LogP contribution in [0.5, 0.6) is 0 Å². The first kappa shape index (κ1) is 11.4. The maximum atomic E-state index is 11.2. The van der Waals surface area contributed by atoms with Crippen molar-refractivity contribution in [3.05, 3.63) is 23.8 Å². The molecule has 1 rings (SSSR count). The van der Waals surface area contributed by atoms with E-state index in [1.165, 1.54) is 6.20 Å². The number of hydrogen-bond donors (Lipinski definition) is 0. The zero-order chi connectivity index (χ0) is 10.8. The van der Waals surface area contributed by atoms with E-state index in [0.29, 0.717) is 11.5 Å². The third-order valence-electron chi connectivity index (χ3n) is 1.87. The summed E-state index contributed by atoms with van der Waals surface area (Å²) in [4.78, 5) is 7.94. The van der Waals surface area contributed by atoms with E-state index in [-0.39, 0.29) is 5.88 Å². The summed E-state index contributed by atoms with van der Waals surface area (Å²) in [5, 5.41) is -0.689. The minimum absolute atomic E-state index is 0.256. The van der Waals surface area contributed by atoms with Gasteiger partial charge in [0.2, 0.25) is 0 Å². The normalized spacial score (nSPS) is 13.9. The number of rotatable bonds is 3. The molecule has 1 aromatic heterocycles. The van der Waals surface area contributed by atoms with Gasteiger partial charge >= 0.3 is 0 Å². The van der Waals surface area contributed by atoms with Gasteiger partial charge in [0.05, 0.1) is 11.6 Å². The van der Waals surface area contributed by atoms with E-state index in [1.54, 1.807) is 13.0 Å². The Morgan fingerprint density at radius 3 is 2.71 bits per heavy atom. The highest BCUT2D eigenvalue weighted by molar-refractivity contribution is 7.90. The standard InChI is InChI=1S/C8H11ClN2O2S/c1-6(14(2,12)13)8-10-4-3-7(5-9)11-8/h3-4,6H,5H2,1-2H3. The molecule has 4 nitrogen and oxygen atoms in total. The Kier molecular flexibility index (Phi) is 3.44. The average molecular weight is 235 g/mol. The van der Waals surface area contributed by atoms with Crippen molar-refractivity contribution in [2.75, 3.05) is 6.26 Å². The van der Waals surface area contributed by atoms with Gasteiger partial charge in [-0.05, 0) is 13.0 Å². The molecule has 0 aliphatic rings. The molecule has 0 aliphatic carbocycles. The molecule has 0 saturated heterocycles. The van der Waals surface area contributed by atoms with E-state index >= 15 is 0 Å². The van der Waals surface area contributed by atoms with Gasteiger partial charge in [-0.2, -0.15) is 0 Å². The molecule has 14 heavy (non-hydrogen) atoms. The molecule has 0 fully saturated rings. The number of hydrogen-bond acceptors (Lipinski definition) is 4. The second kappa shape index (κ2) is 4.23. The Hall–Kier alpha value is -0.680. The molecular weight excluding hydrogens is 224 g/mol. The summed E-state index contributed by atoms with van der Waals surface area (Å²) in [5.74, 6) is 0.553. The molecule has 0 spiro atoms. The van der Waals surface area contributed by atoms with Crippen molar-refractivity contribution in [1.29, 1.82) is 0 Å². The average Bonchev–Trinajstić information content (AvgIpc) is 2.15. The van der Waals surface area contributed by atoms with Gasteiger partial charge in [-0.15, -0.1) is 11.6 Å². The first-order valence-electron chi connectivity index (χ1n) is 4.02. The third kappa shape index (κ3) is 2.65. The summed E-state index contributed by atoms with van der Waals surface area (Å²) in [7, 11) is -3.15. The van der Waals surface area contributed by atoms with E-state index < -0.39 is 15.1 Å². The van der Waals surface area contributed by atoms with Crippen molar-refractivity contribution >= 4 is 21.4 Å². The molecule has 0 radical (unpaired) electrons. The molecular formula is C8H11ClN2O2S. The lowest BCUT2D eigenvalue weighted by atomic mass is 10.4. The Balaban J connectivity index is 3.08. The van der Waals surface area contributed by atoms with Gasteiger partial charge in [0.15, 0.2) is 9.84 Å². The van der Waals surface area contributed by atoms with Crippen molar-refractivity contribution in [2.45, 2.75) is 18.1 Å². The molecule has 0 N–H and O–H groups in total. The SMILES string of the molecule is CC(c1nccc(CCl)n1)S(C)(=O)=O. The molecule has 78 valence electrons. The van der Waals surface area contributed by atoms with Crippen molar-refractivity contribution in [3.8, 4) is 0 Å². The predicted octanol–water partition coefficient (Wildman–Crippen LogP) is 1.32. The van der Waals surface area contributed by atoms with Crippen LogP contribution in [0.25, 0.3) is 0 Å². The number of nitrogens with zero attached hydrogens (tertiary/aromatic N) is 2. The molecule has 0 aliphatic heterocycles. The number of sulfone groups is 1. The summed E-state index contributed by atoms with van der Waals surface area (Å²) >= 11 is 5.58. The van der Waals surface area contributed by atoms with Crippen LogP contribution in [-0.2, 0) is 15.7 Å². The van der Waals surface area contributed by atoms with Crippen LogP contribution in [0.4, 0.5) is 0 Å². The lowest BCUT2D eigenvalue weighted by Crippen LogP contribution is -2.11. The van der Waals surface area contributed by atoms with Crippen molar-refractivity contribution < 1.29 is 8.42 Å². The minimum Gasteiger partial charge on any atom is -0.240 e. The Morgan fingerprint density at radius 1 is 1.57 bits per heavy atom. The van der Waals surface area contributed by atoms with E-state index in [9.17, 15) is 8.42 Å². The fourth-order valence-electron chi connectivity index (χ4n) is 0.875. The Labute approximate surface area is 88.3 Å². The van der Waals surface area contributed by atoms with Gasteiger partial charge in [-0.1, -0.05) is 0 Å². The van der Waals surface area contributed by atoms with E-state index in [0.717, 1.165) is 6.26 Å². The van der Waals surface area contributed by atoms with Crippen molar-refractivity contribution in [1.82, 2.24) is 9.97 Å². The Morgan fingerprint density at radius 2 is 2.21 bits per heavy atom. The maximum absolute atomic E-state index is 11.2. The van der Waals surface area contributed by atoms with Crippen LogP contribution in [0.1, 0.15) is 23.7 Å². The highest BCUT2D eigenvalue weighted by atomic mass is 35.5. The molecule has 0 amide bonds. The van der Waals surface area contributed by atoms with Crippen LogP contribution in [0.3, 0.4) is 0 Å². The van der Waals surface area contributed by atoms with Gasteiger partial charge in [0, 0.05) is 12.5 Å². The molecule has 6 heteroatoms. The van der Waals surface area contributed by atoms with Crippen LogP contribution in [-0.4, -0.2) is 24.6 Å². The van der Waals surface area contributed by atoms with Crippen LogP contribution < -0.4 is 0 Å². The second-order valence-electron chi connectivity index (χ2n) is 3.01. The smallest absolute Gasteiger partial charge is 0.157 e. The fraction of sp³-hybridized carbons (Fsp3) is 0.500. The predicted molar refractivity (Wildman–Crippen MR) is 54.8 cm³/mol. The lowest BCUT2D eigenvalue weighted by molar-refractivity contribution is 0.589. The quantitative estimate of drug-likeness (QED) is 0.741. The van der Waals surface area contributed by atoms with Crippen molar-refractivity contribution in [3.63, 3.8) is 0 Å². The molecule has 0 bridgehead atoms. The highest BCUT2D eigenvalue weighted by Gasteiger charge is 2.19. The van der Waals surface area contributed by atoms with E-state index in [1.807, 2.05) is 0 Å². The van der Waals surface area contributed by atoms with Gasteiger partial charge < -0.3 is 0 Å². The van der Waals surface area contributed by atoms with Gasteiger partial charge in [0.25, 0.3) is 0 Å². The van der Waals surface area contributed by atoms with Crippen LogP contribution in [0, 0.1) is 0 Å². The molecule has 1 unspecified atom stereocenters. The van der Waals surface area contributed by atoms with Crippen LogP contribution in [0.15, 0.2) is 12.3 Å². The second-order valence-corrected chi connectivity index (χ2v) is 5.64. The van der Waals surface area contributed by atoms with Crippen molar-refractivity contribution in [2.24, 2.45) is 0 Å². The first-order chi connectivity index (χ1) is 6.45. The highest BCUT2D eigenvalue weighted by Crippen LogP contribution is 2.16. The fourth-order valence-corrected chi connectivity index (χ4v) is 1.52. The van der Waals surface area contributed by atoms with Gasteiger partial charge in [-0.25, -0.2) is 18.4 Å². The zero-order valence-electron chi connectivity index (χ0n) is 7.94. The Bertz CT molecular complexity index is 419. The summed E-state index contributed by atoms with van der Waals surface area (Å²) in [6.45, 7) is 1.56. The third-order valence-corrected chi connectivity index (χ3v) is 3.64. The summed E-state index contributed by atoms with van der Waals surface area (Å²) in [6.07, 6.45) is 2.68. The lowest BCUT2D eigenvalue weighted by Gasteiger charge is -2.07. The number of aromatic nitrogens is 2. The maximum Gasteiger partial charge on any atom is 0.157 e. The molecule has 0 saturated carbocycles. The van der Waals surface area contributed by atoms with Gasteiger partial charge in [0.1, 0.15) is 11.1 Å². The minimum atomic E-state index is -3.15. The number of alkyl halides is 1. The molecule has 1 heterocycles. The zero-order valence-corrected chi connectivity index (χ0v) is 9.51. The number of halogens is 1. The summed E-state index contributed by atoms with van der Waals surface area (Å²) in [6, 6.07) is 1.66. The van der Waals surface area contributed by atoms with E-state index in [4.69, 9.17) is 11.6 Å². The van der Waals surface area contributed by atoms with Crippen LogP contribution in [0.2, 0.25) is 0 Å². The van der Waals surface area contributed by atoms with E-state index in [2.05, 4.69) is 9.97 Å². The first-order valence-corrected chi connectivity index (χ1v) is 6.50. The molecule has 1 aromatic rings. The topological polar surface area (TPSA) is 59.9 Å². The molecule has 0 aromatic carbocycles. The van der Waals surface area contributed by atoms with Gasteiger partial charge in [-0.3, -0.25) is 0 Å². The summed E-state index contributed by atoms with van der Waals surface area (Å²) < 4.78 is 22.4. The molecule has 1 atom stereocenters. The summed E-state index contributed by atoms with van der Waals surface area (Å²) in [5.41, 5.74) is 0.632. The monoisotopic (exact) mass is 234 g/mol. The largest absolute Gasteiger partial charge is 0.240 e. The van der Waals surface area contributed by atoms with Crippen LogP contribution >= 0.6 is 11.6 Å².